The van der Waals surface area contributed by atoms with Crippen molar-refractivity contribution in [2.24, 2.45) is 11.8 Å². The minimum absolute atomic E-state index is 0.0598. The summed E-state index contributed by atoms with van der Waals surface area (Å²) in [4.78, 5) is 37.2. The highest BCUT2D eigenvalue weighted by Gasteiger charge is 2.59. The Kier molecular flexibility index (Phi) is 3.57. The molecule has 0 aromatic carbocycles. The van der Waals surface area contributed by atoms with Gasteiger partial charge < -0.3 is 14.2 Å². The van der Waals surface area contributed by atoms with E-state index in [1.165, 1.54) is 0 Å². The highest BCUT2D eigenvalue weighted by atomic mass is 16.7. The Balaban J connectivity index is 1.72. The predicted molar refractivity (Wildman–Crippen MR) is 90.9 cm³/mol. The fourth-order valence-corrected chi connectivity index (χ4v) is 4.43. The maximum atomic E-state index is 12.6. The zero-order valence-electron chi connectivity index (χ0n) is 15.3. The van der Waals surface area contributed by atoms with E-state index < -0.39 is 35.7 Å². The minimum atomic E-state index is -0.949. The zero-order valence-corrected chi connectivity index (χ0v) is 15.3. The molecule has 26 heavy (non-hydrogen) atoms. The van der Waals surface area contributed by atoms with Gasteiger partial charge in [-0.25, -0.2) is 9.59 Å². The molecule has 2 heterocycles. The average molecular weight is 358 g/mol. The maximum absolute atomic E-state index is 12.6. The van der Waals surface area contributed by atoms with Crippen LogP contribution in [0, 0.1) is 11.8 Å². The number of esters is 2. The van der Waals surface area contributed by atoms with Gasteiger partial charge in [0.25, 0.3) is 0 Å². The lowest BCUT2D eigenvalue weighted by atomic mass is 9.82. The fraction of sp³-hybridized carbons (Fsp3) is 0.550. The van der Waals surface area contributed by atoms with Crippen LogP contribution in [-0.4, -0.2) is 41.6 Å². The van der Waals surface area contributed by atoms with Crippen molar-refractivity contribution in [2.45, 2.75) is 58.0 Å². The van der Waals surface area contributed by atoms with Crippen molar-refractivity contribution < 1.29 is 28.6 Å². The Morgan fingerprint density at radius 2 is 2.00 bits per heavy atom. The van der Waals surface area contributed by atoms with Crippen LogP contribution in [-0.2, 0) is 28.6 Å². The van der Waals surface area contributed by atoms with Gasteiger partial charge in [-0.15, -0.1) is 0 Å². The van der Waals surface area contributed by atoms with Crippen LogP contribution in [0.4, 0.5) is 0 Å². The first-order chi connectivity index (χ1) is 12.1. The van der Waals surface area contributed by atoms with E-state index in [0.717, 1.165) is 11.1 Å². The second kappa shape index (κ2) is 5.39. The molecule has 0 bridgehead atoms. The Bertz CT molecular complexity index is 818. The lowest BCUT2D eigenvalue weighted by Gasteiger charge is -2.28. The third kappa shape index (κ3) is 2.24. The van der Waals surface area contributed by atoms with E-state index in [4.69, 9.17) is 14.2 Å². The second-order valence-corrected chi connectivity index (χ2v) is 7.86. The molecule has 4 aliphatic rings. The molecule has 0 amide bonds. The van der Waals surface area contributed by atoms with Crippen LogP contribution < -0.4 is 0 Å². The normalized spacial score (nSPS) is 41.3. The molecule has 0 spiro atoms. The lowest BCUT2D eigenvalue weighted by molar-refractivity contribution is -0.158. The second-order valence-electron chi connectivity index (χ2n) is 7.86. The van der Waals surface area contributed by atoms with Gasteiger partial charge in [0.1, 0.15) is 12.2 Å². The molecule has 6 atom stereocenters. The topological polar surface area (TPSA) is 82.2 Å². The van der Waals surface area contributed by atoms with E-state index in [2.05, 4.69) is 6.58 Å². The highest BCUT2D eigenvalue weighted by Crippen LogP contribution is 2.49. The van der Waals surface area contributed by atoms with Gasteiger partial charge in [0.15, 0.2) is 11.4 Å². The number of ether oxygens (including phenoxy) is 3. The van der Waals surface area contributed by atoms with E-state index in [9.17, 15) is 14.4 Å². The summed E-state index contributed by atoms with van der Waals surface area (Å²) in [6.45, 7) is 11.1. The largest absolute Gasteiger partial charge is 0.459 e. The third-order valence-electron chi connectivity index (χ3n) is 6.19. The first kappa shape index (κ1) is 17.2. The zero-order chi connectivity index (χ0) is 19.0. The monoisotopic (exact) mass is 358 g/mol. The maximum Gasteiger partial charge on any atom is 0.341 e. The van der Waals surface area contributed by atoms with Crippen molar-refractivity contribution in [2.75, 3.05) is 0 Å². The van der Waals surface area contributed by atoms with E-state index in [0.29, 0.717) is 17.6 Å². The predicted octanol–water partition coefficient (Wildman–Crippen LogP) is 2.04. The summed E-state index contributed by atoms with van der Waals surface area (Å²) in [6.07, 6.45) is 0.576. The van der Waals surface area contributed by atoms with Gasteiger partial charge in [0.2, 0.25) is 0 Å². The van der Waals surface area contributed by atoms with Gasteiger partial charge >= 0.3 is 11.9 Å². The van der Waals surface area contributed by atoms with Crippen molar-refractivity contribution in [3.63, 3.8) is 0 Å². The highest BCUT2D eigenvalue weighted by molar-refractivity contribution is 6.09. The number of carbonyl (C=O) groups excluding carboxylic acids is 3. The Morgan fingerprint density at radius 1 is 1.35 bits per heavy atom. The van der Waals surface area contributed by atoms with Gasteiger partial charge in [0.05, 0.1) is 12.0 Å². The standard InChI is InChI=1S/C20H22O6/c1-8-6-12(21)14-9(2)7-13(24-19(23)20(5)11(4)26-20)16-10(3)18(22)25-17(16)15(8)14/h6,11,13,15-17H,3,7H2,1-2,4-5H3/t11-,13-,15+,16-,17-,20-/m1/s1. The molecule has 2 aliphatic carbocycles. The van der Waals surface area contributed by atoms with Gasteiger partial charge in [0, 0.05) is 23.5 Å². The molecule has 0 radical (unpaired) electrons. The molecular weight excluding hydrogens is 336 g/mol. The molecule has 2 aliphatic heterocycles. The number of fused-ring (bicyclic) bond motifs is 3. The molecular formula is C20H22O6. The van der Waals surface area contributed by atoms with E-state index in [1.807, 2.05) is 20.8 Å². The quantitative estimate of drug-likeness (QED) is 0.427. The molecule has 0 N–H and O–H groups in total. The summed E-state index contributed by atoms with van der Waals surface area (Å²) < 4.78 is 16.7. The summed E-state index contributed by atoms with van der Waals surface area (Å²) in [5, 5.41) is 0. The van der Waals surface area contributed by atoms with Crippen molar-refractivity contribution in [3.05, 3.63) is 34.9 Å². The van der Waals surface area contributed by atoms with Gasteiger partial charge in [-0.1, -0.05) is 17.7 Å². The van der Waals surface area contributed by atoms with Crippen molar-refractivity contribution in [1.29, 1.82) is 0 Å². The van der Waals surface area contributed by atoms with Crippen LogP contribution in [0.15, 0.2) is 34.9 Å². The molecule has 0 unspecified atom stereocenters. The molecule has 6 heteroatoms. The molecule has 0 aromatic rings. The number of rotatable bonds is 2. The van der Waals surface area contributed by atoms with Crippen LogP contribution in [0.2, 0.25) is 0 Å². The Morgan fingerprint density at radius 3 is 2.62 bits per heavy atom. The average Bonchev–Trinajstić information content (AvgIpc) is 2.95. The smallest absolute Gasteiger partial charge is 0.341 e. The first-order valence-electron chi connectivity index (χ1n) is 8.86. The molecule has 2 fully saturated rings. The first-order valence-corrected chi connectivity index (χ1v) is 8.86. The van der Waals surface area contributed by atoms with E-state index in [1.54, 1.807) is 13.0 Å². The van der Waals surface area contributed by atoms with Crippen molar-refractivity contribution >= 4 is 17.7 Å². The number of allylic oxidation sites excluding steroid dienone is 1. The van der Waals surface area contributed by atoms with Gasteiger partial charge in [-0.3, -0.25) is 4.79 Å². The fourth-order valence-electron chi connectivity index (χ4n) is 4.43. The third-order valence-corrected chi connectivity index (χ3v) is 6.19. The van der Waals surface area contributed by atoms with Gasteiger partial charge in [-0.05, 0) is 33.8 Å². The SMILES string of the molecule is C=C1C(=O)O[C@@H]2[C@H]3C(C)=CC(=O)C3=C(C)C[C@@H](OC(=O)[C@]3(C)O[C@@H]3C)[C@@H]12. The summed E-state index contributed by atoms with van der Waals surface area (Å²) in [5.74, 6) is -1.78. The van der Waals surface area contributed by atoms with Crippen LogP contribution >= 0.6 is 0 Å². The van der Waals surface area contributed by atoms with Crippen molar-refractivity contribution in [1.82, 2.24) is 0 Å². The van der Waals surface area contributed by atoms with Gasteiger partial charge in [-0.2, -0.15) is 0 Å². The molecule has 6 nitrogen and oxygen atoms in total. The Hall–Kier alpha value is -2.21. The van der Waals surface area contributed by atoms with Crippen molar-refractivity contribution in [3.8, 4) is 0 Å². The summed E-state index contributed by atoms with van der Waals surface area (Å²) in [7, 11) is 0. The Labute approximate surface area is 151 Å². The number of carbonyl (C=O) groups is 3. The number of hydrogen-bond donors (Lipinski definition) is 0. The van der Waals surface area contributed by atoms with Crippen LogP contribution in [0.3, 0.4) is 0 Å². The van der Waals surface area contributed by atoms with Crippen LogP contribution in [0.25, 0.3) is 0 Å². The molecule has 0 aromatic heterocycles. The number of ketones is 1. The molecule has 0 saturated carbocycles. The van der Waals surface area contributed by atoms with Crippen LogP contribution in [0.5, 0.6) is 0 Å². The molecule has 4 rings (SSSR count). The van der Waals surface area contributed by atoms with E-state index >= 15 is 0 Å². The molecule has 138 valence electrons. The molecule has 2 saturated heterocycles. The lowest BCUT2D eigenvalue weighted by Crippen LogP contribution is -2.38. The van der Waals surface area contributed by atoms with E-state index in [-0.39, 0.29) is 17.8 Å². The summed E-state index contributed by atoms with van der Waals surface area (Å²) in [5.41, 5.74) is 1.72. The van der Waals surface area contributed by atoms with Crippen LogP contribution in [0.1, 0.15) is 34.1 Å². The summed E-state index contributed by atoms with van der Waals surface area (Å²) >= 11 is 0. The number of hydrogen-bond acceptors (Lipinski definition) is 6. The minimum Gasteiger partial charge on any atom is -0.459 e. The number of epoxide rings is 1. The summed E-state index contributed by atoms with van der Waals surface area (Å²) in [6, 6.07) is 0.